The van der Waals surface area contributed by atoms with Gasteiger partial charge in [-0.2, -0.15) is 0 Å². The number of hydrogen-bond acceptors (Lipinski definition) is 7. The lowest BCUT2D eigenvalue weighted by molar-refractivity contribution is -0.144. The van der Waals surface area contributed by atoms with Gasteiger partial charge in [-0.15, -0.1) is 10.9 Å². The Balaban J connectivity index is 1.38. The predicted octanol–water partition coefficient (Wildman–Crippen LogP) is 3.05. The van der Waals surface area contributed by atoms with Crippen LogP contribution in [0.1, 0.15) is 97.8 Å². The summed E-state index contributed by atoms with van der Waals surface area (Å²) in [6.07, 6.45) is 14.1. The van der Waals surface area contributed by atoms with E-state index in [9.17, 15) is 28.5 Å². The van der Waals surface area contributed by atoms with Gasteiger partial charge in [-0.1, -0.05) is 59.0 Å². The number of nitrogens with one attached hydrogen (secondary N) is 4. The van der Waals surface area contributed by atoms with Crippen LogP contribution in [0.3, 0.4) is 0 Å². The number of carbonyl (C=O) groups is 5. The number of likely N-dealkylation sites (N-methyl/N-ethyl adjacent to an activating group) is 1. The Labute approximate surface area is 301 Å². The minimum absolute atomic E-state index is 0.0377. The Morgan fingerprint density at radius 2 is 1.68 bits per heavy atom. The van der Waals surface area contributed by atoms with Gasteiger partial charge in [0, 0.05) is 31.5 Å². The second-order valence-electron chi connectivity index (χ2n) is 16.9. The Kier molecular flexibility index (Phi) is 12.3. The highest BCUT2D eigenvalue weighted by molar-refractivity contribution is 7.88. The van der Waals surface area contributed by atoms with E-state index in [0.29, 0.717) is 19.5 Å². The quantitative estimate of drug-likeness (QED) is 0.115. The fourth-order valence-corrected chi connectivity index (χ4v) is 9.11. The van der Waals surface area contributed by atoms with Crippen LogP contribution >= 0.6 is 0 Å². The van der Waals surface area contributed by atoms with Gasteiger partial charge in [-0.25, -0.2) is 4.79 Å². The average Bonchev–Trinajstić information content (AvgIpc) is 3.99. The highest BCUT2D eigenvalue weighted by Gasteiger charge is 2.64. The summed E-state index contributed by atoms with van der Waals surface area (Å²) in [6, 6.07) is -3.35. The number of fused-ring (bicyclic) bond motifs is 2. The minimum atomic E-state index is -1.21. The highest BCUT2D eigenvalue weighted by Crippen LogP contribution is 2.66. The topological polar surface area (TPSA) is 163 Å². The number of Topliss-reactive ketones (excluding diaryl/α,β-unsaturated/α-hetero) is 1. The Morgan fingerprint density at radius 3 is 2.26 bits per heavy atom. The molecule has 5 rings (SSSR count). The minimum Gasteiger partial charge on any atom is -0.598 e. The monoisotopic (exact) mass is 716 g/mol. The molecule has 5 fully saturated rings. The summed E-state index contributed by atoms with van der Waals surface area (Å²) in [5.41, 5.74) is -0.191. The third-order valence-corrected chi connectivity index (χ3v) is 13.3. The van der Waals surface area contributed by atoms with Crippen molar-refractivity contribution in [2.75, 3.05) is 32.9 Å². The Hall–Kier alpha value is -2.64. The van der Waals surface area contributed by atoms with Crippen molar-refractivity contribution in [1.82, 2.24) is 30.5 Å². The number of nitrogens with zero attached hydrogens (tertiary/aromatic N) is 2. The molecule has 0 aromatic rings. The van der Waals surface area contributed by atoms with Gasteiger partial charge >= 0.3 is 6.03 Å². The van der Waals surface area contributed by atoms with Crippen molar-refractivity contribution >= 4 is 40.9 Å². The molecule has 5 aliphatic rings. The first-order valence-corrected chi connectivity index (χ1v) is 20.3. The van der Waals surface area contributed by atoms with Crippen molar-refractivity contribution in [1.29, 1.82) is 0 Å². The molecule has 280 valence electrons. The molecule has 0 radical (unpaired) electrons. The Bertz CT molecular complexity index is 1290. The number of rotatable bonds is 15. The van der Waals surface area contributed by atoms with E-state index in [1.807, 2.05) is 20.8 Å². The predicted molar refractivity (Wildman–Crippen MR) is 193 cm³/mol. The smallest absolute Gasteiger partial charge is 0.315 e. The van der Waals surface area contributed by atoms with Crippen molar-refractivity contribution in [3.8, 4) is 0 Å². The SMILES string of the molecule is C=CCNC(=O)C(=O)C(CC1CC1)NC(=O)[C@@H]1[C@H]2CCC3(CC3)[C@H]2CN1C(=O)[C@@H](NC(=O)N[C@H](CN(C)[S+](C)[O-])C(C)(C)C)C1CCCCC1. The molecule has 0 aromatic carbocycles. The van der Waals surface area contributed by atoms with E-state index < -0.39 is 47.2 Å². The molecule has 12 nitrogen and oxygen atoms in total. The van der Waals surface area contributed by atoms with E-state index >= 15 is 0 Å². The lowest BCUT2D eigenvalue weighted by Gasteiger charge is -2.37. The van der Waals surface area contributed by atoms with E-state index in [-0.39, 0.29) is 58.9 Å². The van der Waals surface area contributed by atoms with Crippen LogP contribution in [0, 0.1) is 34.5 Å². The fraction of sp³-hybridized carbons (Fsp3) is 0.811. The molecule has 1 aliphatic heterocycles. The van der Waals surface area contributed by atoms with Crippen LogP contribution in [0.15, 0.2) is 12.7 Å². The van der Waals surface area contributed by atoms with Crippen molar-refractivity contribution in [2.24, 2.45) is 34.5 Å². The summed E-state index contributed by atoms with van der Waals surface area (Å²) in [4.78, 5) is 70.7. The molecule has 1 heterocycles. The van der Waals surface area contributed by atoms with Crippen LogP contribution in [0.2, 0.25) is 0 Å². The maximum atomic E-state index is 14.9. The van der Waals surface area contributed by atoms with E-state index in [0.717, 1.165) is 70.6 Å². The van der Waals surface area contributed by atoms with Gasteiger partial charge < -0.3 is 30.7 Å². The number of carbonyl (C=O) groups excluding carboxylic acids is 5. The largest absolute Gasteiger partial charge is 0.598 e. The molecule has 7 atom stereocenters. The molecule has 4 N–H and O–H groups in total. The third-order valence-electron chi connectivity index (χ3n) is 12.3. The summed E-state index contributed by atoms with van der Waals surface area (Å²) in [7, 11) is 1.75. The van der Waals surface area contributed by atoms with Crippen molar-refractivity contribution in [3.05, 3.63) is 12.7 Å². The van der Waals surface area contributed by atoms with E-state index in [4.69, 9.17) is 0 Å². The lowest BCUT2D eigenvalue weighted by Crippen LogP contribution is -2.61. The van der Waals surface area contributed by atoms with Gasteiger partial charge in [-0.05, 0) is 79.4 Å². The molecule has 50 heavy (non-hydrogen) atoms. The maximum absolute atomic E-state index is 14.9. The summed E-state index contributed by atoms with van der Waals surface area (Å²) in [6.45, 7) is 10.6. The van der Waals surface area contributed by atoms with E-state index in [1.54, 1.807) is 22.5 Å². The molecule has 0 bridgehead atoms. The van der Waals surface area contributed by atoms with Crippen molar-refractivity contribution in [2.45, 2.75) is 122 Å². The second-order valence-corrected chi connectivity index (χ2v) is 18.3. The number of hydrogen-bond donors (Lipinski definition) is 4. The van der Waals surface area contributed by atoms with Crippen molar-refractivity contribution in [3.63, 3.8) is 0 Å². The van der Waals surface area contributed by atoms with Gasteiger partial charge in [0.1, 0.15) is 18.3 Å². The normalized spacial score (nSPS) is 26.8. The lowest BCUT2D eigenvalue weighted by atomic mass is 9.83. The number of amides is 5. The van der Waals surface area contributed by atoms with E-state index in [2.05, 4.69) is 27.8 Å². The molecule has 2 unspecified atom stereocenters. The molecule has 13 heteroatoms. The zero-order valence-electron chi connectivity index (χ0n) is 30.8. The number of ketones is 1. The van der Waals surface area contributed by atoms with Gasteiger partial charge in [0.15, 0.2) is 0 Å². The first-order chi connectivity index (χ1) is 23.6. The van der Waals surface area contributed by atoms with Crippen LogP contribution in [0.5, 0.6) is 0 Å². The summed E-state index contributed by atoms with van der Waals surface area (Å²) in [5.74, 6) is -1.69. The standard InChI is InChI=1S/C37H60N6O6S/c1-7-19-38-33(46)31(44)27(20-23-13-14-23)39-32(45)30-25-15-16-37(17-18-37)26(25)21-43(30)34(47)29(24-11-9-8-10-12-24)41-35(48)40-28(36(2,3)4)22-42(5)50(6)49/h7,23-30H,1,8-22H2,2-6H3,(H,38,46)(H,39,45)(H2,40,41,48)/t25-,26-,27?,28+,29-,30-,50?/m0/s1. The second kappa shape index (κ2) is 15.9. The van der Waals surface area contributed by atoms with Crippen molar-refractivity contribution < 1.29 is 28.5 Å². The molecule has 4 aliphatic carbocycles. The molecule has 1 saturated heterocycles. The average molecular weight is 717 g/mol. The first kappa shape index (κ1) is 38.6. The van der Waals surface area contributed by atoms with Gasteiger partial charge in [0.25, 0.3) is 5.91 Å². The molecule has 4 saturated carbocycles. The molecular formula is C37H60N6O6S. The summed E-state index contributed by atoms with van der Waals surface area (Å²) < 4.78 is 13.8. The number of likely N-dealkylation sites (tertiary alicyclic amines) is 1. The zero-order chi connectivity index (χ0) is 36.4. The van der Waals surface area contributed by atoms with Crippen LogP contribution in [-0.2, 0) is 30.5 Å². The summed E-state index contributed by atoms with van der Waals surface area (Å²) in [5, 5.41) is 11.7. The molecular weight excluding hydrogens is 657 g/mol. The van der Waals surface area contributed by atoms with Gasteiger partial charge in [0.05, 0.1) is 18.6 Å². The summed E-state index contributed by atoms with van der Waals surface area (Å²) >= 11 is -1.21. The third kappa shape index (κ3) is 9.04. The molecule has 0 aromatic heterocycles. The first-order valence-electron chi connectivity index (χ1n) is 18.8. The van der Waals surface area contributed by atoms with Crippen LogP contribution in [-0.4, -0.2) is 100 Å². The maximum Gasteiger partial charge on any atom is 0.315 e. The zero-order valence-corrected chi connectivity index (χ0v) is 31.6. The van der Waals surface area contributed by atoms with Crippen LogP contribution in [0.25, 0.3) is 0 Å². The highest BCUT2D eigenvalue weighted by atomic mass is 32.2. The number of urea groups is 1. The van der Waals surface area contributed by atoms with Crippen LogP contribution < -0.4 is 21.3 Å². The molecule has 1 spiro atoms. The van der Waals surface area contributed by atoms with E-state index in [1.165, 1.54) is 6.08 Å². The Morgan fingerprint density at radius 1 is 1.00 bits per heavy atom. The van der Waals surface area contributed by atoms with Gasteiger partial charge in [-0.3, -0.25) is 19.2 Å². The molecule has 5 amide bonds. The van der Waals surface area contributed by atoms with Gasteiger partial charge in [0.2, 0.25) is 17.6 Å². The fourth-order valence-electron chi connectivity index (χ4n) is 8.76. The van der Waals surface area contributed by atoms with Crippen LogP contribution in [0.4, 0.5) is 4.79 Å².